The van der Waals surface area contributed by atoms with Gasteiger partial charge in [0, 0.05) is 49.6 Å². The van der Waals surface area contributed by atoms with Crippen molar-refractivity contribution in [3.05, 3.63) is 53.4 Å². The molecule has 0 aliphatic carbocycles. The van der Waals surface area contributed by atoms with Crippen molar-refractivity contribution in [1.29, 1.82) is 0 Å². The number of carbonyl (C=O) groups is 2. The van der Waals surface area contributed by atoms with E-state index < -0.39 is 0 Å². The molecule has 0 saturated carbocycles. The first kappa shape index (κ1) is 23.8. The normalized spacial score (nSPS) is 14.2. The molecule has 9 heteroatoms. The summed E-state index contributed by atoms with van der Waals surface area (Å²) in [6.07, 6.45) is 0. The molecule has 0 spiro atoms. The van der Waals surface area contributed by atoms with Gasteiger partial charge in [0.25, 0.3) is 5.91 Å². The standard InChI is InChI=1S/C21H21Br2ClIN3O2/c1-12(2)21(30)28-7-5-27(6-8-28)18-4-3-14(24)11-17(18)26-20(29)15-9-13(22)10-16(23)19(15)25/h3-4,9-12H,5-8H2,1-2H3,(H,26,29). The molecule has 0 atom stereocenters. The van der Waals surface area contributed by atoms with Gasteiger partial charge in [-0.2, -0.15) is 0 Å². The van der Waals surface area contributed by atoms with Gasteiger partial charge < -0.3 is 15.1 Å². The van der Waals surface area contributed by atoms with Crippen molar-refractivity contribution < 1.29 is 9.59 Å². The molecule has 0 radical (unpaired) electrons. The second kappa shape index (κ2) is 10.2. The van der Waals surface area contributed by atoms with E-state index >= 15 is 0 Å². The maximum atomic E-state index is 13.0. The van der Waals surface area contributed by atoms with Crippen LogP contribution in [-0.4, -0.2) is 42.9 Å². The molecule has 1 N–H and O–H groups in total. The highest BCUT2D eigenvalue weighted by Gasteiger charge is 2.25. The van der Waals surface area contributed by atoms with Crippen LogP contribution < -0.4 is 10.2 Å². The summed E-state index contributed by atoms with van der Waals surface area (Å²) in [5, 5.41) is 3.57. The summed E-state index contributed by atoms with van der Waals surface area (Å²) in [5.74, 6) is -0.0402. The molecule has 1 aliphatic heterocycles. The summed E-state index contributed by atoms with van der Waals surface area (Å²) < 4.78 is 2.50. The van der Waals surface area contributed by atoms with Crippen molar-refractivity contribution in [2.75, 3.05) is 36.4 Å². The van der Waals surface area contributed by atoms with Gasteiger partial charge in [0.05, 0.1) is 16.9 Å². The third-order valence-electron chi connectivity index (χ3n) is 4.87. The maximum Gasteiger partial charge on any atom is 0.256 e. The Balaban J connectivity index is 1.82. The summed E-state index contributed by atoms with van der Waals surface area (Å²) >= 11 is 15.3. The Bertz CT molecular complexity index is 979. The van der Waals surface area contributed by atoms with Gasteiger partial charge in [-0.05, 0) is 68.9 Å². The Morgan fingerprint density at radius 2 is 1.77 bits per heavy atom. The number of hydrogen-bond acceptors (Lipinski definition) is 3. The number of carbonyl (C=O) groups excluding carboxylic acids is 2. The van der Waals surface area contributed by atoms with Crippen LogP contribution in [0.1, 0.15) is 24.2 Å². The van der Waals surface area contributed by atoms with Gasteiger partial charge in [-0.3, -0.25) is 9.59 Å². The number of hydrogen-bond donors (Lipinski definition) is 1. The molecule has 5 nitrogen and oxygen atoms in total. The highest BCUT2D eigenvalue weighted by molar-refractivity contribution is 14.1. The number of nitrogens with zero attached hydrogens (tertiary/aromatic N) is 2. The van der Waals surface area contributed by atoms with E-state index in [0.29, 0.717) is 42.5 Å². The highest BCUT2D eigenvalue weighted by Crippen LogP contribution is 2.32. The molecule has 1 heterocycles. The van der Waals surface area contributed by atoms with Crippen molar-refractivity contribution >= 4 is 89.2 Å². The Labute approximate surface area is 211 Å². The van der Waals surface area contributed by atoms with E-state index in [1.807, 2.05) is 36.9 Å². The first-order valence-electron chi connectivity index (χ1n) is 9.46. The summed E-state index contributed by atoms with van der Waals surface area (Å²) in [4.78, 5) is 29.4. The third kappa shape index (κ3) is 5.49. The molecule has 2 aromatic rings. The monoisotopic (exact) mass is 667 g/mol. The number of piperazine rings is 1. The lowest BCUT2D eigenvalue weighted by molar-refractivity contribution is -0.134. The fourth-order valence-electron chi connectivity index (χ4n) is 3.33. The maximum absolute atomic E-state index is 13.0. The SMILES string of the molecule is CC(C)C(=O)N1CCN(c2ccc(Cl)cc2NC(=O)c2cc(Br)cc(Br)c2I)CC1. The molecule has 1 fully saturated rings. The van der Waals surface area contributed by atoms with Gasteiger partial charge in [0.15, 0.2) is 0 Å². The summed E-state index contributed by atoms with van der Waals surface area (Å²) in [5.41, 5.74) is 2.12. The third-order valence-corrected chi connectivity index (χ3v) is 8.09. The number of anilines is 2. The van der Waals surface area contributed by atoms with Crippen LogP contribution in [0.4, 0.5) is 11.4 Å². The smallest absolute Gasteiger partial charge is 0.256 e. The van der Waals surface area contributed by atoms with E-state index in [1.165, 1.54) is 0 Å². The Morgan fingerprint density at radius 1 is 1.10 bits per heavy atom. The van der Waals surface area contributed by atoms with Crippen LogP contribution in [0.5, 0.6) is 0 Å². The second-order valence-corrected chi connectivity index (χ2v) is 10.6. The molecule has 1 saturated heterocycles. The topological polar surface area (TPSA) is 52.7 Å². The summed E-state index contributed by atoms with van der Waals surface area (Å²) in [6.45, 7) is 6.55. The van der Waals surface area contributed by atoms with Gasteiger partial charge in [0.2, 0.25) is 5.91 Å². The number of benzene rings is 2. The molecule has 2 amide bonds. The summed E-state index contributed by atoms with van der Waals surface area (Å²) in [7, 11) is 0. The lowest BCUT2D eigenvalue weighted by atomic mass is 10.1. The van der Waals surface area contributed by atoms with Gasteiger partial charge in [-0.15, -0.1) is 0 Å². The zero-order valence-electron chi connectivity index (χ0n) is 16.5. The average molecular weight is 670 g/mol. The van der Waals surface area contributed by atoms with Gasteiger partial charge >= 0.3 is 0 Å². The van der Waals surface area contributed by atoms with E-state index in [0.717, 1.165) is 18.2 Å². The van der Waals surface area contributed by atoms with E-state index in [1.54, 1.807) is 12.1 Å². The van der Waals surface area contributed by atoms with Crippen molar-refractivity contribution in [2.45, 2.75) is 13.8 Å². The molecule has 0 aromatic heterocycles. The lowest BCUT2D eigenvalue weighted by Crippen LogP contribution is -2.50. The summed E-state index contributed by atoms with van der Waals surface area (Å²) in [6, 6.07) is 9.20. The van der Waals surface area contributed by atoms with E-state index in [9.17, 15) is 9.59 Å². The van der Waals surface area contributed by atoms with E-state index in [-0.39, 0.29) is 17.7 Å². The van der Waals surface area contributed by atoms with Crippen LogP contribution in [0.25, 0.3) is 0 Å². The van der Waals surface area contributed by atoms with Crippen LogP contribution in [0.15, 0.2) is 39.3 Å². The molecule has 0 bridgehead atoms. The molecule has 3 rings (SSSR count). The largest absolute Gasteiger partial charge is 0.366 e. The Kier molecular flexibility index (Phi) is 8.09. The van der Waals surface area contributed by atoms with Crippen LogP contribution in [0, 0.1) is 9.49 Å². The quantitative estimate of drug-likeness (QED) is 0.320. The molecule has 2 aromatic carbocycles. The molecule has 160 valence electrons. The fourth-order valence-corrected chi connectivity index (χ4v) is 5.28. The van der Waals surface area contributed by atoms with Crippen LogP contribution in [0.3, 0.4) is 0 Å². The molecule has 1 aliphatic rings. The molecular weight excluding hydrogens is 648 g/mol. The Hall–Kier alpha value is -0.840. The van der Waals surface area contributed by atoms with Crippen molar-refractivity contribution in [3.8, 4) is 0 Å². The molecule has 0 unspecified atom stereocenters. The predicted octanol–water partition coefficient (Wildman–Crippen LogP) is 6.03. The molecule has 30 heavy (non-hydrogen) atoms. The second-order valence-electron chi connectivity index (χ2n) is 7.33. The highest BCUT2D eigenvalue weighted by atomic mass is 127. The van der Waals surface area contributed by atoms with Gasteiger partial charge in [0.1, 0.15) is 0 Å². The van der Waals surface area contributed by atoms with E-state index in [4.69, 9.17) is 11.6 Å². The van der Waals surface area contributed by atoms with Gasteiger partial charge in [-0.1, -0.05) is 41.4 Å². The minimum Gasteiger partial charge on any atom is -0.366 e. The predicted molar refractivity (Wildman–Crippen MR) is 138 cm³/mol. The fraction of sp³-hybridized carbons (Fsp3) is 0.333. The average Bonchev–Trinajstić information content (AvgIpc) is 2.70. The van der Waals surface area contributed by atoms with Crippen molar-refractivity contribution in [3.63, 3.8) is 0 Å². The van der Waals surface area contributed by atoms with Crippen molar-refractivity contribution in [2.24, 2.45) is 5.92 Å². The van der Waals surface area contributed by atoms with Crippen LogP contribution in [-0.2, 0) is 4.79 Å². The van der Waals surface area contributed by atoms with E-state index in [2.05, 4.69) is 64.7 Å². The lowest BCUT2D eigenvalue weighted by Gasteiger charge is -2.37. The van der Waals surface area contributed by atoms with Gasteiger partial charge in [-0.25, -0.2) is 0 Å². The molecular formula is C21H21Br2ClIN3O2. The number of halogens is 4. The van der Waals surface area contributed by atoms with Crippen molar-refractivity contribution in [1.82, 2.24) is 4.90 Å². The first-order chi connectivity index (χ1) is 14.2. The first-order valence-corrected chi connectivity index (χ1v) is 12.5. The number of amides is 2. The minimum absolute atomic E-state index is 0.00563. The minimum atomic E-state index is -0.210. The van der Waals surface area contributed by atoms with Crippen LogP contribution in [0.2, 0.25) is 5.02 Å². The van der Waals surface area contributed by atoms with Crippen LogP contribution >= 0.6 is 66.1 Å². The Morgan fingerprint density at radius 3 is 2.40 bits per heavy atom. The zero-order chi connectivity index (χ0) is 22.0. The number of rotatable bonds is 4. The zero-order valence-corrected chi connectivity index (χ0v) is 22.6. The number of nitrogens with one attached hydrogen (secondary N) is 1.